The Labute approximate surface area is 107 Å². The quantitative estimate of drug-likeness (QED) is 0.876. The minimum atomic E-state index is 0.134. The molecule has 1 N–H and O–H groups in total. The van der Waals surface area contributed by atoms with Crippen LogP contribution in [0.1, 0.15) is 0 Å². The molecular formula is C10H10Cl2N2OS. The molecule has 1 aromatic carbocycles. The number of aliphatic hydroxyl groups is 1. The summed E-state index contributed by atoms with van der Waals surface area (Å²) in [5.41, 5.74) is 1.76. The molecule has 0 saturated carbocycles. The van der Waals surface area contributed by atoms with Crippen LogP contribution in [0.3, 0.4) is 0 Å². The van der Waals surface area contributed by atoms with Gasteiger partial charge in [-0.05, 0) is 12.1 Å². The fourth-order valence-electron chi connectivity index (χ4n) is 1.43. The fourth-order valence-corrected chi connectivity index (χ4v) is 2.48. The van der Waals surface area contributed by atoms with Gasteiger partial charge in [0.25, 0.3) is 0 Å². The molecule has 0 atom stereocenters. The van der Waals surface area contributed by atoms with Gasteiger partial charge in [0.15, 0.2) is 5.16 Å². The molecule has 1 aromatic heterocycles. The number of fused-ring (bicyclic) bond motifs is 1. The van der Waals surface area contributed by atoms with Crippen molar-refractivity contribution in [2.45, 2.75) is 5.16 Å². The lowest BCUT2D eigenvalue weighted by Gasteiger charge is -2.00. The molecule has 0 fully saturated rings. The monoisotopic (exact) mass is 276 g/mol. The average molecular weight is 277 g/mol. The topological polar surface area (TPSA) is 38.0 Å². The van der Waals surface area contributed by atoms with E-state index in [1.807, 2.05) is 11.6 Å². The van der Waals surface area contributed by atoms with Gasteiger partial charge in [-0.25, -0.2) is 4.98 Å². The predicted octanol–water partition coefficient (Wildman–Crippen LogP) is 2.96. The molecule has 0 radical (unpaired) electrons. The summed E-state index contributed by atoms with van der Waals surface area (Å²) < 4.78 is 1.94. The van der Waals surface area contributed by atoms with E-state index in [4.69, 9.17) is 28.3 Å². The lowest BCUT2D eigenvalue weighted by molar-refractivity contribution is 0.322. The first-order chi connectivity index (χ1) is 7.63. The highest BCUT2D eigenvalue weighted by Gasteiger charge is 2.10. The second-order valence-corrected chi connectivity index (χ2v) is 5.16. The molecule has 1 heterocycles. The van der Waals surface area contributed by atoms with E-state index in [1.54, 1.807) is 12.1 Å². The number of halogens is 2. The van der Waals surface area contributed by atoms with Crippen LogP contribution in [-0.4, -0.2) is 27.0 Å². The van der Waals surface area contributed by atoms with Crippen LogP contribution in [0.4, 0.5) is 0 Å². The van der Waals surface area contributed by atoms with Crippen LogP contribution in [0, 0.1) is 0 Å². The van der Waals surface area contributed by atoms with Gasteiger partial charge in [0.1, 0.15) is 0 Å². The Morgan fingerprint density at radius 2 is 2.06 bits per heavy atom. The molecule has 0 aliphatic carbocycles. The lowest BCUT2D eigenvalue weighted by atomic mass is 10.3. The van der Waals surface area contributed by atoms with Gasteiger partial charge in [0.05, 0.1) is 27.7 Å². The normalized spacial score (nSPS) is 11.2. The standard InChI is InChI=1S/C10H10Cl2N2OS/c1-14-9-5-7(12)6(11)4-8(9)13-10(14)16-3-2-15/h4-5,15H,2-3H2,1H3. The molecule has 2 aromatic rings. The smallest absolute Gasteiger partial charge is 0.168 e. The number of imidazole rings is 1. The summed E-state index contributed by atoms with van der Waals surface area (Å²) in [4.78, 5) is 4.42. The Hall–Kier alpha value is -0.420. The molecule has 2 rings (SSSR count). The molecule has 0 amide bonds. The zero-order valence-electron chi connectivity index (χ0n) is 8.57. The van der Waals surface area contributed by atoms with Gasteiger partial charge in [-0.2, -0.15) is 0 Å². The molecule has 6 heteroatoms. The van der Waals surface area contributed by atoms with Crippen molar-refractivity contribution in [2.24, 2.45) is 7.05 Å². The van der Waals surface area contributed by atoms with Crippen LogP contribution in [-0.2, 0) is 7.05 Å². The number of aliphatic hydroxyl groups excluding tert-OH is 1. The van der Waals surface area contributed by atoms with Crippen molar-refractivity contribution >= 4 is 46.0 Å². The summed E-state index contributed by atoms with van der Waals surface area (Å²) >= 11 is 13.4. The zero-order valence-corrected chi connectivity index (χ0v) is 10.9. The van der Waals surface area contributed by atoms with Crippen molar-refractivity contribution in [3.8, 4) is 0 Å². The first kappa shape index (κ1) is 12.0. The van der Waals surface area contributed by atoms with E-state index in [0.29, 0.717) is 15.8 Å². The van der Waals surface area contributed by atoms with Crippen LogP contribution in [0.5, 0.6) is 0 Å². The van der Waals surface area contributed by atoms with Crippen LogP contribution >= 0.6 is 35.0 Å². The maximum atomic E-state index is 8.78. The summed E-state index contributed by atoms with van der Waals surface area (Å²) in [6.45, 7) is 0.134. The highest BCUT2D eigenvalue weighted by molar-refractivity contribution is 7.99. The van der Waals surface area contributed by atoms with Crippen LogP contribution in [0.25, 0.3) is 11.0 Å². The summed E-state index contributed by atoms with van der Waals surface area (Å²) in [5.74, 6) is 0.624. The summed E-state index contributed by atoms with van der Waals surface area (Å²) in [5, 5.41) is 10.7. The number of aryl methyl sites for hydroxylation is 1. The van der Waals surface area contributed by atoms with E-state index in [1.165, 1.54) is 11.8 Å². The second kappa shape index (κ2) is 4.84. The summed E-state index contributed by atoms with van der Waals surface area (Å²) in [6, 6.07) is 3.55. The van der Waals surface area contributed by atoms with Crippen molar-refractivity contribution in [1.29, 1.82) is 0 Å². The van der Waals surface area contributed by atoms with Crippen molar-refractivity contribution in [1.82, 2.24) is 9.55 Å². The Balaban J connectivity index is 2.50. The first-order valence-electron chi connectivity index (χ1n) is 4.68. The van der Waals surface area contributed by atoms with Gasteiger partial charge in [-0.15, -0.1) is 0 Å². The van der Waals surface area contributed by atoms with Gasteiger partial charge in [0.2, 0.25) is 0 Å². The van der Waals surface area contributed by atoms with Gasteiger partial charge in [0, 0.05) is 12.8 Å². The third-order valence-corrected chi connectivity index (χ3v) is 3.94. The van der Waals surface area contributed by atoms with Crippen molar-refractivity contribution in [3.63, 3.8) is 0 Å². The van der Waals surface area contributed by atoms with Gasteiger partial charge in [-0.1, -0.05) is 35.0 Å². The molecule has 0 aliphatic rings. The number of nitrogens with zero attached hydrogens (tertiary/aromatic N) is 2. The maximum Gasteiger partial charge on any atom is 0.168 e. The number of rotatable bonds is 3. The van der Waals surface area contributed by atoms with E-state index in [-0.39, 0.29) is 6.61 Å². The van der Waals surface area contributed by atoms with Gasteiger partial charge in [-0.3, -0.25) is 0 Å². The number of aromatic nitrogens is 2. The van der Waals surface area contributed by atoms with Gasteiger partial charge < -0.3 is 9.67 Å². The van der Waals surface area contributed by atoms with E-state index in [2.05, 4.69) is 4.98 Å². The second-order valence-electron chi connectivity index (χ2n) is 3.28. The Morgan fingerprint density at radius 3 is 2.75 bits per heavy atom. The predicted molar refractivity (Wildman–Crippen MR) is 68.5 cm³/mol. The van der Waals surface area contributed by atoms with E-state index in [0.717, 1.165) is 16.2 Å². The van der Waals surface area contributed by atoms with Crippen LogP contribution in [0.15, 0.2) is 17.3 Å². The number of hydrogen-bond donors (Lipinski definition) is 1. The van der Waals surface area contributed by atoms with Gasteiger partial charge >= 0.3 is 0 Å². The highest BCUT2D eigenvalue weighted by Crippen LogP contribution is 2.30. The third-order valence-electron chi connectivity index (χ3n) is 2.20. The molecule has 3 nitrogen and oxygen atoms in total. The molecule has 0 bridgehead atoms. The van der Waals surface area contributed by atoms with E-state index < -0.39 is 0 Å². The van der Waals surface area contributed by atoms with E-state index >= 15 is 0 Å². The third kappa shape index (κ3) is 2.15. The zero-order chi connectivity index (χ0) is 11.7. The minimum Gasteiger partial charge on any atom is -0.396 e. The molecule has 16 heavy (non-hydrogen) atoms. The molecule has 0 spiro atoms. The largest absolute Gasteiger partial charge is 0.396 e. The first-order valence-corrected chi connectivity index (χ1v) is 6.42. The highest BCUT2D eigenvalue weighted by atomic mass is 35.5. The van der Waals surface area contributed by atoms with Crippen molar-refractivity contribution in [2.75, 3.05) is 12.4 Å². The summed E-state index contributed by atoms with van der Waals surface area (Å²) in [7, 11) is 1.92. The molecule has 86 valence electrons. The fraction of sp³-hybridized carbons (Fsp3) is 0.300. The summed E-state index contributed by atoms with van der Waals surface area (Å²) in [6.07, 6.45) is 0. The van der Waals surface area contributed by atoms with Crippen molar-refractivity contribution in [3.05, 3.63) is 22.2 Å². The average Bonchev–Trinajstić information content (AvgIpc) is 2.54. The Morgan fingerprint density at radius 1 is 1.38 bits per heavy atom. The van der Waals surface area contributed by atoms with E-state index in [9.17, 15) is 0 Å². The molecular weight excluding hydrogens is 267 g/mol. The number of hydrogen-bond acceptors (Lipinski definition) is 3. The lowest BCUT2D eigenvalue weighted by Crippen LogP contribution is -1.93. The Kier molecular flexibility index (Phi) is 3.64. The Bertz CT molecular complexity index is 527. The van der Waals surface area contributed by atoms with Crippen LogP contribution in [0.2, 0.25) is 10.0 Å². The SMILES string of the molecule is Cn1c(SCCO)nc2cc(Cl)c(Cl)cc21. The molecule has 0 saturated heterocycles. The molecule has 0 aliphatic heterocycles. The molecule has 0 unspecified atom stereocenters. The number of benzene rings is 1. The van der Waals surface area contributed by atoms with Crippen LogP contribution < -0.4 is 0 Å². The minimum absolute atomic E-state index is 0.134. The number of thioether (sulfide) groups is 1. The maximum absolute atomic E-state index is 8.78. The van der Waals surface area contributed by atoms with Crippen molar-refractivity contribution < 1.29 is 5.11 Å².